The lowest BCUT2D eigenvalue weighted by Gasteiger charge is -2.00. The largest absolute Gasteiger partial charge is 0.497 e. The predicted octanol–water partition coefficient (Wildman–Crippen LogP) is 1.07. The van der Waals surface area contributed by atoms with Gasteiger partial charge in [-0.25, -0.2) is 4.68 Å². The Morgan fingerprint density at radius 1 is 1.38 bits per heavy atom. The fraction of sp³-hybridized carbons (Fsp3) is 0.111. The highest BCUT2D eigenvalue weighted by atomic mass is 16.5. The molecular weight excluding hydrogens is 168 g/mol. The Hall–Kier alpha value is -1.84. The normalized spacial score (nSPS) is 10.5. The van der Waals surface area contributed by atoms with E-state index in [1.807, 2.05) is 6.07 Å². The Morgan fingerprint density at radius 2 is 2.15 bits per heavy atom. The van der Waals surface area contributed by atoms with E-state index in [1.165, 1.54) is 4.68 Å². The molecule has 68 valence electrons. The number of hydrogen-bond donors (Lipinski definition) is 2. The van der Waals surface area contributed by atoms with Crippen molar-refractivity contribution >= 4 is 10.9 Å². The summed E-state index contributed by atoms with van der Waals surface area (Å²) in [6.45, 7) is 0. The number of hydrogen-bond acceptors (Lipinski definition) is 3. The van der Waals surface area contributed by atoms with Gasteiger partial charge in [-0.15, -0.1) is 0 Å². The number of aromatic hydroxyl groups is 1. The topological polar surface area (TPSA) is 60.4 Å². The standard InChI is InChI=1S/C9H10N2O2/c1-13-7-2-3-8-6(4-7)5-9(12)11(8)10/h2-5,12H,10H2,1H3. The molecule has 0 radical (unpaired) electrons. The van der Waals surface area contributed by atoms with Gasteiger partial charge in [-0.2, -0.15) is 0 Å². The van der Waals surface area contributed by atoms with Crippen molar-refractivity contribution in [2.45, 2.75) is 0 Å². The first-order valence-electron chi connectivity index (χ1n) is 3.86. The first kappa shape index (κ1) is 7.79. The molecule has 0 spiro atoms. The first-order chi connectivity index (χ1) is 6.22. The van der Waals surface area contributed by atoms with E-state index in [1.54, 1.807) is 25.3 Å². The number of fused-ring (bicyclic) bond motifs is 1. The molecule has 1 aromatic heterocycles. The summed E-state index contributed by atoms with van der Waals surface area (Å²) < 4.78 is 6.27. The minimum atomic E-state index is 0.0447. The van der Waals surface area contributed by atoms with Crippen LogP contribution in [0.1, 0.15) is 0 Å². The maximum Gasteiger partial charge on any atom is 0.210 e. The average molecular weight is 178 g/mol. The molecule has 1 aromatic carbocycles. The highest BCUT2D eigenvalue weighted by molar-refractivity contribution is 5.83. The van der Waals surface area contributed by atoms with Crippen molar-refractivity contribution in [1.29, 1.82) is 0 Å². The van der Waals surface area contributed by atoms with Crippen molar-refractivity contribution < 1.29 is 9.84 Å². The van der Waals surface area contributed by atoms with Gasteiger partial charge >= 0.3 is 0 Å². The van der Waals surface area contributed by atoms with Crippen LogP contribution in [0.3, 0.4) is 0 Å². The fourth-order valence-corrected chi connectivity index (χ4v) is 1.33. The Balaban J connectivity index is 2.73. The van der Waals surface area contributed by atoms with Crippen LogP contribution in [0.4, 0.5) is 0 Å². The van der Waals surface area contributed by atoms with Gasteiger partial charge in [-0.3, -0.25) is 0 Å². The van der Waals surface area contributed by atoms with Crippen LogP contribution >= 0.6 is 0 Å². The van der Waals surface area contributed by atoms with Crippen LogP contribution in [-0.4, -0.2) is 16.9 Å². The summed E-state index contributed by atoms with van der Waals surface area (Å²) in [6, 6.07) is 7.01. The molecule has 0 amide bonds. The number of rotatable bonds is 1. The van der Waals surface area contributed by atoms with Crippen LogP contribution in [0, 0.1) is 0 Å². The van der Waals surface area contributed by atoms with Crippen LogP contribution in [0.25, 0.3) is 10.9 Å². The average Bonchev–Trinajstić information content (AvgIpc) is 2.42. The van der Waals surface area contributed by atoms with E-state index in [0.29, 0.717) is 0 Å². The Kier molecular flexibility index (Phi) is 1.55. The van der Waals surface area contributed by atoms with E-state index in [4.69, 9.17) is 10.6 Å². The molecule has 0 saturated heterocycles. The van der Waals surface area contributed by atoms with Crippen molar-refractivity contribution in [3.05, 3.63) is 24.3 Å². The Bertz CT molecular complexity index is 448. The summed E-state index contributed by atoms with van der Waals surface area (Å²) in [7, 11) is 1.60. The van der Waals surface area contributed by atoms with E-state index in [2.05, 4.69) is 0 Å². The summed E-state index contributed by atoms with van der Waals surface area (Å²) in [4.78, 5) is 0. The minimum Gasteiger partial charge on any atom is -0.497 e. The number of ether oxygens (including phenoxy) is 1. The Labute approximate surface area is 75.1 Å². The molecular formula is C9H10N2O2. The zero-order chi connectivity index (χ0) is 9.42. The molecule has 0 saturated carbocycles. The lowest BCUT2D eigenvalue weighted by atomic mass is 10.2. The summed E-state index contributed by atoms with van der Waals surface area (Å²) in [5, 5.41) is 10.2. The molecule has 1 heterocycles. The van der Waals surface area contributed by atoms with Gasteiger partial charge in [0.15, 0.2) is 0 Å². The smallest absolute Gasteiger partial charge is 0.210 e. The summed E-state index contributed by atoms with van der Waals surface area (Å²) >= 11 is 0. The predicted molar refractivity (Wildman–Crippen MR) is 50.3 cm³/mol. The third-order valence-corrected chi connectivity index (χ3v) is 2.03. The van der Waals surface area contributed by atoms with Crippen molar-refractivity contribution in [3.63, 3.8) is 0 Å². The van der Waals surface area contributed by atoms with Crippen molar-refractivity contribution in [2.24, 2.45) is 0 Å². The van der Waals surface area contributed by atoms with E-state index in [-0.39, 0.29) is 5.88 Å². The van der Waals surface area contributed by atoms with Gasteiger partial charge in [0.05, 0.1) is 12.6 Å². The molecule has 4 nitrogen and oxygen atoms in total. The molecule has 0 fully saturated rings. The van der Waals surface area contributed by atoms with E-state index < -0.39 is 0 Å². The van der Waals surface area contributed by atoms with Crippen molar-refractivity contribution in [3.8, 4) is 11.6 Å². The number of nitrogens with two attached hydrogens (primary N) is 1. The monoisotopic (exact) mass is 178 g/mol. The zero-order valence-corrected chi connectivity index (χ0v) is 7.19. The highest BCUT2D eigenvalue weighted by Crippen LogP contribution is 2.25. The van der Waals surface area contributed by atoms with Gasteiger partial charge in [0.1, 0.15) is 5.75 Å². The fourth-order valence-electron chi connectivity index (χ4n) is 1.33. The van der Waals surface area contributed by atoms with Crippen LogP contribution < -0.4 is 10.6 Å². The van der Waals surface area contributed by atoms with Gasteiger partial charge in [0, 0.05) is 11.5 Å². The van der Waals surface area contributed by atoms with Crippen LogP contribution in [-0.2, 0) is 0 Å². The number of benzene rings is 1. The Morgan fingerprint density at radius 3 is 2.85 bits per heavy atom. The molecule has 2 aromatic rings. The molecule has 0 aliphatic rings. The first-order valence-corrected chi connectivity index (χ1v) is 3.86. The third kappa shape index (κ3) is 1.07. The second-order valence-corrected chi connectivity index (χ2v) is 2.80. The number of methoxy groups -OCH3 is 1. The molecule has 0 bridgehead atoms. The second kappa shape index (κ2) is 2.58. The number of nitrogen functional groups attached to an aromatic ring is 1. The molecule has 0 aliphatic heterocycles. The molecule has 0 unspecified atom stereocenters. The number of nitrogens with zero attached hydrogens (tertiary/aromatic N) is 1. The summed E-state index contributed by atoms with van der Waals surface area (Å²) in [6.07, 6.45) is 0. The van der Waals surface area contributed by atoms with Gasteiger partial charge < -0.3 is 15.7 Å². The quantitative estimate of drug-likeness (QED) is 0.642. The van der Waals surface area contributed by atoms with Gasteiger partial charge in [-0.05, 0) is 18.2 Å². The van der Waals surface area contributed by atoms with E-state index in [0.717, 1.165) is 16.7 Å². The van der Waals surface area contributed by atoms with Crippen LogP contribution in [0.15, 0.2) is 24.3 Å². The van der Waals surface area contributed by atoms with Crippen molar-refractivity contribution in [1.82, 2.24) is 4.68 Å². The molecule has 0 atom stereocenters. The summed E-state index contributed by atoms with van der Waals surface area (Å²) in [5.74, 6) is 6.35. The van der Waals surface area contributed by atoms with Crippen LogP contribution in [0.5, 0.6) is 11.6 Å². The van der Waals surface area contributed by atoms with Gasteiger partial charge in [0.25, 0.3) is 0 Å². The maximum absolute atomic E-state index is 9.30. The van der Waals surface area contributed by atoms with Gasteiger partial charge in [0.2, 0.25) is 5.88 Å². The van der Waals surface area contributed by atoms with Crippen LogP contribution in [0.2, 0.25) is 0 Å². The minimum absolute atomic E-state index is 0.0447. The highest BCUT2D eigenvalue weighted by Gasteiger charge is 2.04. The molecule has 3 N–H and O–H groups in total. The molecule has 13 heavy (non-hydrogen) atoms. The van der Waals surface area contributed by atoms with E-state index >= 15 is 0 Å². The molecule has 2 rings (SSSR count). The third-order valence-electron chi connectivity index (χ3n) is 2.03. The molecule has 4 heteroatoms. The van der Waals surface area contributed by atoms with Crippen molar-refractivity contribution in [2.75, 3.05) is 13.0 Å². The lowest BCUT2D eigenvalue weighted by Crippen LogP contribution is -2.05. The van der Waals surface area contributed by atoms with E-state index in [9.17, 15) is 5.11 Å². The zero-order valence-electron chi connectivity index (χ0n) is 7.19. The maximum atomic E-state index is 9.30. The SMILES string of the molecule is COc1ccc2c(c1)cc(O)n2N. The number of aromatic nitrogens is 1. The van der Waals surface area contributed by atoms with Gasteiger partial charge in [-0.1, -0.05) is 0 Å². The second-order valence-electron chi connectivity index (χ2n) is 2.80. The molecule has 0 aliphatic carbocycles. The lowest BCUT2D eigenvalue weighted by molar-refractivity contribution is 0.415. The summed E-state index contributed by atoms with van der Waals surface area (Å²) in [5.41, 5.74) is 0.776.